The highest BCUT2D eigenvalue weighted by molar-refractivity contribution is 7.94. The van der Waals surface area contributed by atoms with Crippen LogP contribution in [0, 0.1) is 17.8 Å². The molecule has 1 saturated carbocycles. The molecule has 5 aliphatic rings. The summed E-state index contributed by atoms with van der Waals surface area (Å²) in [5, 5.41) is 0.746. The van der Waals surface area contributed by atoms with Gasteiger partial charge in [0.15, 0.2) is 0 Å². The van der Waals surface area contributed by atoms with Crippen molar-refractivity contribution in [1.82, 2.24) is 4.90 Å². The summed E-state index contributed by atoms with van der Waals surface area (Å²) in [4.78, 5) is 31.5. The van der Waals surface area contributed by atoms with E-state index in [9.17, 15) is 13.8 Å². The Morgan fingerprint density at radius 2 is 1.96 bits per heavy atom. The summed E-state index contributed by atoms with van der Waals surface area (Å²) in [6, 6.07) is 11.7. The molecule has 10 nitrogen and oxygen atoms in total. The second-order valence-corrected chi connectivity index (χ2v) is 18.3. The number of rotatable bonds is 7. The van der Waals surface area contributed by atoms with Gasteiger partial charge in [-0.1, -0.05) is 36.7 Å². The number of allylic oxidation sites excluding steroid dienone is 1. The van der Waals surface area contributed by atoms with Gasteiger partial charge in [-0.15, -0.1) is 0 Å². The van der Waals surface area contributed by atoms with E-state index in [-0.39, 0.29) is 41.0 Å². The van der Waals surface area contributed by atoms with E-state index in [0.717, 1.165) is 61.7 Å². The first-order valence-electron chi connectivity index (χ1n) is 18.7. The maximum atomic E-state index is 14.6. The topological polar surface area (TPSA) is 107 Å². The predicted octanol–water partition coefficient (Wildman–Crippen LogP) is 5.93. The molecule has 52 heavy (non-hydrogen) atoms. The highest BCUT2D eigenvalue weighted by atomic mass is 35.5. The number of benzene rings is 2. The van der Waals surface area contributed by atoms with E-state index >= 15 is 0 Å². The third kappa shape index (κ3) is 7.94. The second kappa shape index (κ2) is 15.8. The van der Waals surface area contributed by atoms with Crippen molar-refractivity contribution in [3.8, 4) is 5.75 Å². The van der Waals surface area contributed by atoms with Gasteiger partial charge in [-0.25, -0.2) is 4.21 Å². The monoisotopic (exact) mass is 753 g/mol. The minimum absolute atomic E-state index is 0.0398. The highest BCUT2D eigenvalue weighted by Gasteiger charge is 2.44. The molecule has 0 aromatic heterocycles. The summed E-state index contributed by atoms with van der Waals surface area (Å²) >= 11 is 6.46. The summed E-state index contributed by atoms with van der Waals surface area (Å²) in [5.41, 5.74) is 3.49. The van der Waals surface area contributed by atoms with Gasteiger partial charge in [-0.2, -0.15) is 4.36 Å². The molecular weight excluding hydrogens is 702 g/mol. The molecular formula is C40H52ClN3O7S. The second-order valence-electron chi connectivity index (χ2n) is 15.5. The number of hydrogen-bond donors (Lipinski definition) is 0. The van der Waals surface area contributed by atoms with E-state index in [2.05, 4.69) is 33.5 Å². The number of carbonyl (C=O) groups excluding carboxylic acids is 2. The SMILES string of the molecule is COCCOC1CN(C(=O)C[S@@]2(=O)=NC(=O)c3ccc4c(c3)N(C[C@@H]3CC[C@H]3[C@@H](OC)/C=C/C[C@H](C)C2)C[C@@]2(CCCc3cc(Cl)ccc32)CO4)C1. The molecule has 3 aliphatic heterocycles. The van der Waals surface area contributed by atoms with Gasteiger partial charge < -0.3 is 28.7 Å². The van der Waals surface area contributed by atoms with Crippen molar-refractivity contribution in [2.24, 2.45) is 22.1 Å². The van der Waals surface area contributed by atoms with Crippen molar-refractivity contribution in [2.45, 2.75) is 63.1 Å². The van der Waals surface area contributed by atoms with Crippen molar-refractivity contribution in [1.29, 1.82) is 0 Å². The molecule has 0 N–H and O–H groups in total. The Hall–Kier alpha value is -2.96. The van der Waals surface area contributed by atoms with Crippen LogP contribution < -0.4 is 9.64 Å². The Balaban J connectivity index is 1.23. The Labute approximate surface area is 313 Å². The average Bonchev–Trinajstić information content (AvgIpc) is 3.23. The molecule has 12 heteroatoms. The van der Waals surface area contributed by atoms with Crippen LogP contribution in [0.2, 0.25) is 5.02 Å². The standard InChI is InChI=1S/C40H52ClN3O7S/c1-27-6-4-8-36(49-3)33-12-9-30(33)20-44-25-40(15-5-7-28-18-31(41)11-13-34(28)40)26-51-37-14-10-29(19-35(37)44)39(46)42-52(47,23-27)24-38(45)43-21-32(22-43)50-17-16-48-2/h4,8,10-11,13-14,18-19,27,30,32-33,36H,5-7,9,12,15-17,20-26H2,1-3H3/b8-4+/t27-,30-,33+,36-,40-,52+/m0/s1. The largest absolute Gasteiger partial charge is 0.490 e. The maximum absolute atomic E-state index is 14.6. The number of anilines is 1. The summed E-state index contributed by atoms with van der Waals surface area (Å²) < 4.78 is 42.6. The van der Waals surface area contributed by atoms with Crippen LogP contribution in [-0.2, 0) is 40.6 Å². The van der Waals surface area contributed by atoms with E-state index < -0.39 is 15.6 Å². The molecule has 1 saturated heterocycles. The summed E-state index contributed by atoms with van der Waals surface area (Å²) in [6.45, 7) is 5.82. The number of amides is 2. The van der Waals surface area contributed by atoms with Gasteiger partial charge in [-0.05, 0) is 97.7 Å². The van der Waals surface area contributed by atoms with Gasteiger partial charge in [0, 0.05) is 62.2 Å². The number of hydrogen-bond acceptors (Lipinski definition) is 8. The quantitative estimate of drug-likeness (QED) is 0.253. The molecule has 7 rings (SSSR count). The van der Waals surface area contributed by atoms with Crippen molar-refractivity contribution in [3.63, 3.8) is 0 Å². The molecule has 3 heterocycles. The van der Waals surface area contributed by atoms with E-state index in [0.29, 0.717) is 56.7 Å². The van der Waals surface area contributed by atoms with Gasteiger partial charge in [0.25, 0.3) is 5.91 Å². The van der Waals surface area contributed by atoms with Crippen LogP contribution in [-0.4, -0.2) is 105 Å². The third-order valence-corrected chi connectivity index (χ3v) is 14.3. The smallest absolute Gasteiger partial charge is 0.285 e. The molecule has 2 aromatic rings. The Kier molecular flexibility index (Phi) is 11.3. The molecule has 1 spiro atoms. The minimum Gasteiger partial charge on any atom is -0.490 e. The molecule has 0 unspecified atom stereocenters. The zero-order valence-corrected chi connectivity index (χ0v) is 32.2. The first-order valence-corrected chi connectivity index (χ1v) is 21.0. The van der Waals surface area contributed by atoms with Gasteiger partial charge in [-0.3, -0.25) is 9.59 Å². The van der Waals surface area contributed by atoms with Gasteiger partial charge in [0.1, 0.15) is 11.5 Å². The van der Waals surface area contributed by atoms with Gasteiger partial charge in [0.05, 0.1) is 47.4 Å². The van der Waals surface area contributed by atoms with Crippen molar-refractivity contribution < 1.29 is 32.7 Å². The van der Waals surface area contributed by atoms with Crippen LogP contribution in [0.5, 0.6) is 5.75 Å². The van der Waals surface area contributed by atoms with E-state index in [4.69, 9.17) is 30.5 Å². The summed E-state index contributed by atoms with van der Waals surface area (Å²) in [5.74, 6) is 0.374. The number of carbonyl (C=O) groups is 2. The molecule has 282 valence electrons. The zero-order chi connectivity index (χ0) is 36.5. The van der Waals surface area contributed by atoms with Crippen LogP contribution in [0.4, 0.5) is 5.69 Å². The number of ether oxygens (including phenoxy) is 4. The lowest BCUT2D eigenvalue weighted by Gasteiger charge is -2.46. The zero-order valence-electron chi connectivity index (χ0n) is 30.6. The number of nitrogens with zero attached hydrogens (tertiary/aromatic N) is 3. The number of methoxy groups -OCH3 is 2. The van der Waals surface area contributed by atoms with Crippen LogP contribution in [0.1, 0.15) is 60.5 Å². The summed E-state index contributed by atoms with van der Waals surface area (Å²) in [7, 11) is 0.143. The Morgan fingerprint density at radius 3 is 2.73 bits per heavy atom. The molecule has 6 atom stereocenters. The predicted molar refractivity (Wildman–Crippen MR) is 203 cm³/mol. The minimum atomic E-state index is -3.25. The van der Waals surface area contributed by atoms with E-state index in [1.165, 1.54) is 11.1 Å². The number of aryl methyl sites for hydroxylation is 1. The van der Waals surface area contributed by atoms with Crippen molar-refractivity contribution in [2.75, 3.05) is 76.6 Å². The van der Waals surface area contributed by atoms with Crippen LogP contribution in [0.25, 0.3) is 0 Å². The van der Waals surface area contributed by atoms with Crippen LogP contribution >= 0.6 is 11.6 Å². The molecule has 2 fully saturated rings. The number of likely N-dealkylation sites (tertiary alicyclic amines) is 1. The normalized spacial score (nSPS) is 31.3. The molecule has 2 bridgehead atoms. The first kappa shape index (κ1) is 37.4. The van der Waals surface area contributed by atoms with E-state index in [1.807, 2.05) is 25.1 Å². The number of halogens is 1. The lowest BCUT2D eigenvalue weighted by molar-refractivity contribution is -0.142. The fourth-order valence-electron chi connectivity index (χ4n) is 8.80. The molecule has 2 amide bonds. The van der Waals surface area contributed by atoms with Gasteiger partial charge >= 0.3 is 0 Å². The van der Waals surface area contributed by atoms with Crippen LogP contribution in [0.3, 0.4) is 0 Å². The third-order valence-electron chi connectivity index (χ3n) is 11.8. The fourth-order valence-corrected chi connectivity index (χ4v) is 11.3. The lowest BCUT2D eigenvalue weighted by atomic mass is 9.68. The van der Waals surface area contributed by atoms with Gasteiger partial charge in [0.2, 0.25) is 5.91 Å². The molecule has 2 aliphatic carbocycles. The maximum Gasteiger partial charge on any atom is 0.285 e. The molecule has 2 aromatic carbocycles. The average molecular weight is 754 g/mol. The fraction of sp³-hybridized carbons (Fsp3) is 0.600. The van der Waals surface area contributed by atoms with Crippen molar-refractivity contribution in [3.05, 3.63) is 70.3 Å². The highest BCUT2D eigenvalue weighted by Crippen LogP contribution is 2.47. The number of fused-ring (bicyclic) bond motifs is 4. The Morgan fingerprint density at radius 1 is 1.12 bits per heavy atom. The first-order chi connectivity index (χ1) is 25.1. The van der Waals surface area contributed by atoms with Crippen LogP contribution in [0.15, 0.2) is 52.9 Å². The van der Waals surface area contributed by atoms with Crippen molar-refractivity contribution >= 4 is 38.8 Å². The lowest BCUT2D eigenvalue weighted by Crippen LogP contribution is -2.56. The Bertz CT molecular complexity index is 1800. The molecule has 0 radical (unpaired) electrons. The summed E-state index contributed by atoms with van der Waals surface area (Å²) in [6.07, 6.45) is 9.96. The van der Waals surface area contributed by atoms with E-state index in [1.54, 1.807) is 25.2 Å².